The second-order valence-electron chi connectivity index (χ2n) is 0. The van der Waals surface area contributed by atoms with E-state index in [2.05, 4.69) is 0 Å². The molecule has 0 bridgehead atoms. The Labute approximate surface area is 84.4 Å². The Kier molecular flexibility index (Phi) is 318. The summed E-state index contributed by atoms with van der Waals surface area (Å²) in [6.07, 6.45) is 0. The fourth-order valence-corrected chi connectivity index (χ4v) is 0. The fraction of sp³-hybridized carbons (Fsp3) is 0. The van der Waals surface area contributed by atoms with Gasteiger partial charge in [0.05, 0.1) is 0 Å². The molecule has 0 saturated carbocycles. The van der Waals surface area contributed by atoms with Crippen molar-refractivity contribution in [1.82, 2.24) is 6.15 Å². The summed E-state index contributed by atoms with van der Waals surface area (Å²) in [4.78, 5) is 0. The van der Waals surface area contributed by atoms with Crippen molar-refractivity contribution >= 4 is 0 Å². The van der Waals surface area contributed by atoms with Crippen molar-refractivity contribution in [3.8, 4) is 0 Å². The van der Waals surface area contributed by atoms with E-state index in [9.17, 15) is 0 Å². The molecule has 0 aromatic heterocycles. The molecule has 0 atom stereocenters. The van der Waals surface area contributed by atoms with Crippen LogP contribution in [0.4, 0.5) is 0 Å². The minimum Gasteiger partial charge on any atom is -0.344 e. The predicted octanol–water partition coefficient (Wildman–Crippen LogP) is 0.152. The molecule has 1 nitrogen and oxygen atoms in total. The fourth-order valence-electron chi connectivity index (χ4n) is 0. The van der Waals surface area contributed by atoms with Crippen LogP contribution in [0.2, 0.25) is 0 Å². The number of hydrogen-bond donors (Lipinski definition) is 1. The molecule has 5 heteroatoms. The molecule has 0 aromatic rings. The van der Waals surface area contributed by atoms with Gasteiger partial charge in [0.15, 0.2) is 0 Å². The maximum Gasteiger partial charge on any atom is 0 e. The molecule has 0 saturated heterocycles. The molecule has 2 radical (unpaired) electrons. The van der Waals surface area contributed by atoms with E-state index >= 15 is 0 Å². The van der Waals surface area contributed by atoms with Gasteiger partial charge in [-0.15, -0.1) is 0 Å². The standard InChI is InChI=1S/Cr.Mo.H3N.Nb.V/h;;1H3;;. The Morgan fingerprint density at radius 1 is 1.00 bits per heavy atom. The summed E-state index contributed by atoms with van der Waals surface area (Å²) in [6, 6.07) is 0. The zero-order valence-corrected chi connectivity index (χ0v) is 9.30. The molecule has 30 valence electrons. The molecule has 5 heavy (non-hydrogen) atoms. The van der Waals surface area contributed by atoms with Crippen molar-refractivity contribution < 1.29 is 79.4 Å². The summed E-state index contributed by atoms with van der Waals surface area (Å²) in [5.74, 6) is 0. The SMILES string of the molecule is N.[Cr].[Mo].[Nb].[V]. The Morgan fingerprint density at radius 3 is 1.00 bits per heavy atom. The van der Waals surface area contributed by atoms with Crippen molar-refractivity contribution in [2.45, 2.75) is 0 Å². The quantitative estimate of drug-likeness (QED) is 0.635. The van der Waals surface area contributed by atoms with Crippen molar-refractivity contribution in [2.24, 2.45) is 0 Å². The Hall–Kier alpha value is 2.51. The number of rotatable bonds is 0. The van der Waals surface area contributed by atoms with Gasteiger partial charge >= 0.3 is 0 Å². The maximum atomic E-state index is 0. The van der Waals surface area contributed by atoms with Crippen molar-refractivity contribution in [2.75, 3.05) is 0 Å². The number of hydrogen-bond acceptors (Lipinski definition) is 1. The molecule has 0 unspecified atom stereocenters. The van der Waals surface area contributed by atoms with Gasteiger partial charge in [0.1, 0.15) is 0 Å². The van der Waals surface area contributed by atoms with Crippen LogP contribution in [0.1, 0.15) is 0 Å². The van der Waals surface area contributed by atoms with E-state index in [1.807, 2.05) is 0 Å². The Morgan fingerprint density at radius 2 is 1.00 bits per heavy atom. The summed E-state index contributed by atoms with van der Waals surface area (Å²) < 4.78 is 0. The normalized spacial score (nSPS) is 0. The zero-order valence-electron chi connectivity index (χ0n) is 2.42. The van der Waals surface area contributed by atoms with Crippen LogP contribution in [-0.4, -0.2) is 0 Å². The van der Waals surface area contributed by atoms with Gasteiger partial charge < -0.3 is 6.15 Å². The third kappa shape index (κ3) is 21.0. The third-order valence-corrected chi connectivity index (χ3v) is 0. The molecule has 0 rings (SSSR count). The minimum atomic E-state index is 0. The van der Waals surface area contributed by atoms with E-state index in [1.54, 1.807) is 0 Å². The van der Waals surface area contributed by atoms with Crippen LogP contribution in [0.15, 0.2) is 0 Å². The molecule has 0 spiro atoms. The Bertz CT molecular complexity index is 11.6. The van der Waals surface area contributed by atoms with Crippen molar-refractivity contribution in [1.29, 1.82) is 0 Å². The molecule has 0 aliphatic rings. The topological polar surface area (TPSA) is 35.0 Å². The van der Waals surface area contributed by atoms with Crippen molar-refractivity contribution in [3.63, 3.8) is 0 Å². The summed E-state index contributed by atoms with van der Waals surface area (Å²) >= 11 is 0. The third-order valence-electron chi connectivity index (χ3n) is 0. The van der Waals surface area contributed by atoms with Gasteiger partial charge in [-0.2, -0.15) is 0 Å². The van der Waals surface area contributed by atoms with Crippen LogP contribution in [0, 0.1) is 0 Å². The monoisotopic (exact) mass is 311 g/mol. The van der Waals surface area contributed by atoms with E-state index < -0.39 is 0 Å². The van der Waals surface area contributed by atoms with E-state index in [0.717, 1.165) is 0 Å². The van der Waals surface area contributed by atoms with E-state index in [-0.39, 0.29) is 85.5 Å². The van der Waals surface area contributed by atoms with Gasteiger partial charge in [-0.25, -0.2) is 0 Å². The summed E-state index contributed by atoms with van der Waals surface area (Å²) in [6.45, 7) is 0. The minimum absolute atomic E-state index is 0. The summed E-state index contributed by atoms with van der Waals surface area (Å²) in [7, 11) is 0. The first kappa shape index (κ1) is 50.6. The molecule has 0 heterocycles. The van der Waals surface area contributed by atoms with Crippen LogP contribution in [0.3, 0.4) is 0 Å². The van der Waals surface area contributed by atoms with Gasteiger partial charge in [-0.3, -0.25) is 0 Å². The predicted molar refractivity (Wildman–Crippen MR) is 5.02 cm³/mol. The molecular formula is H3CrMoNNbV. The van der Waals surface area contributed by atoms with Crippen LogP contribution in [0.5, 0.6) is 0 Å². The van der Waals surface area contributed by atoms with Gasteiger partial charge in [0.2, 0.25) is 0 Å². The second kappa shape index (κ2) is 31.4. The van der Waals surface area contributed by atoms with Crippen LogP contribution >= 0.6 is 0 Å². The molecular weight excluding hydrogens is 306 g/mol. The van der Waals surface area contributed by atoms with Gasteiger partial charge in [-0.1, -0.05) is 0 Å². The molecule has 0 aliphatic carbocycles. The largest absolute Gasteiger partial charge is 0.344 e. The zero-order chi connectivity index (χ0) is 0. The van der Waals surface area contributed by atoms with Gasteiger partial charge in [-0.05, 0) is 0 Å². The molecule has 0 aliphatic heterocycles. The summed E-state index contributed by atoms with van der Waals surface area (Å²) in [5, 5.41) is 0. The molecule has 0 fully saturated rings. The molecule has 0 aromatic carbocycles. The second-order valence-corrected chi connectivity index (χ2v) is 0. The average molecular weight is 309 g/mol. The smallest absolute Gasteiger partial charge is 0 e. The first-order valence-electron chi connectivity index (χ1n) is 0. The van der Waals surface area contributed by atoms with Gasteiger partial charge in [0, 0.05) is 79.4 Å². The van der Waals surface area contributed by atoms with E-state index in [0.29, 0.717) is 0 Å². The van der Waals surface area contributed by atoms with Crippen LogP contribution in [0.25, 0.3) is 0 Å². The first-order chi connectivity index (χ1) is 0. The van der Waals surface area contributed by atoms with Crippen LogP contribution < -0.4 is 6.15 Å². The van der Waals surface area contributed by atoms with E-state index in [4.69, 9.17) is 0 Å². The first-order valence-corrected chi connectivity index (χ1v) is 0. The summed E-state index contributed by atoms with van der Waals surface area (Å²) in [5.41, 5.74) is 0. The molecule has 0 amide bonds. The van der Waals surface area contributed by atoms with Gasteiger partial charge in [0.25, 0.3) is 0 Å². The van der Waals surface area contributed by atoms with Crippen molar-refractivity contribution in [3.05, 3.63) is 0 Å². The van der Waals surface area contributed by atoms with Crippen LogP contribution in [-0.2, 0) is 79.4 Å². The average Bonchev–Trinajstić information content (AvgIpc) is 0. The maximum absolute atomic E-state index is 0. The molecule has 3 N–H and O–H groups in total. The van der Waals surface area contributed by atoms with E-state index in [1.165, 1.54) is 0 Å². The Balaban J connectivity index is 0.